The topological polar surface area (TPSA) is 130 Å². The molecule has 2 aromatic rings. The van der Waals surface area contributed by atoms with Crippen LogP contribution in [-0.2, 0) is 20.9 Å². The van der Waals surface area contributed by atoms with Gasteiger partial charge in [0.05, 0.1) is 42.8 Å². The fourth-order valence-electron chi connectivity index (χ4n) is 3.42. The number of aromatic nitrogens is 4. The van der Waals surface area contributed by atoms with Gasteiger partial charge in [-0.25, -0.2) is 14.8 Å². The third-order valence-electron chi connectivity index (χ3n) is 5.01. The van der Waals surface area contributed by atoms with Gasteiger partial charge in [0.1, 0.15) is 0 Å². The fourth-order valence-corrected chi connectivity index (χ4v) is 3.42. The van der Waals surface area contributed by atoms with Gasteiger partial charge in [0.15, 0.2) is 0 Å². The average molecular weight is 454 g/mol. The zero-order valence-electron chi connectivity index (χ0n) is 17.0. The van der Waals surface area contributed by atoms with Crippen LogP contribution in [0.15, 0.2) is 30.9 Å². The number of carboxylic acid groups (broad SMARTS) is 1. The first-order valence-electron chi connectivity index (χ1n) is 9.64. The minimum absolute atomic E-state index is 0.00528. The Morgan fingerprint density at radius 3 is 2.47 bits per heavy atom. The molecule has 1 amide bonds. The van der Waals surface area contributed by atoms with Gasteiger partial charge in [-0.15, -0.1) is 0 Å². The Balaban J connectivity index is 0.000000360. The molecule has 2 saturated heterocycles. The van der Waals surface area contributed by atoms with Gasteiger partial charge in [0, 0.05) is 37.6 Å². The molecule has 2 aromatic heterocycles. The van der Waals surface area contributed by atoms with Crippen molar-refractivity contribution in [3.8, 4) is 0 Å². The van der Waals surface area contributed by atoms with Gasteiger partial charge in [0.25, 0.3) is 0 Å². The van der Waals surface area contributed by atoms with E-state index in [4.69, 9.17) is 14.6 Å². The van der Waals surface area contributed by atoms with E-state index in [0.717, 1.165) is 24.5 Å². The summed E-state index contributed by atoms with van der Waals surface area (Å²) >= 11 is 0. The highest BCUT2D eigenvalue weighted by Gasteiger charge is 2.47. The van der Waals surface area contributed by atoms with Crippen LogP contribution in [-0.4, -0.2) is 68.9 Å². The summed E-state index contributed by atoms with van der Waals surface area (Å²) < 4.78 is 37.6. The van der Waals surface area contributed by atoms with Gasteiger partial charge in [-0.05, 0) is 13.0 Å². The number of amides is 1. The molecular weight excluding hydrogens is 433 g/mol. The maximum absolute atomic E-state index is 12.6. The minimum Gasteiger partial charge on any atom is -0.475 e. The Morgan fingerprint density at radius 2 is 1.88 bits per heavy atom. The Kier molecular flexibility index (Phi) is 7.18. The van der Waals surface area contributed by atoms with Gasteiger partial charge in [-0.3, -0.25) is 14.8 Å². The van der Waals surface area contributed by atoms with Crippen molar-refractivity contribution in [2.24, 2.45) is 11.8 Å². The molecule has 3 atom stereocenters. The van der Waals surface area contributed by atoms with Crippen LogP contribution in [0.4, 0.5) is 19.1 Å². The molecule has 2 fully saturated rings. The summed E-state index contributed by atoms with van der Waals surface area (Å²) in [5.74, 6) is -2.06. The number of nitrogens with zero attached hydrogens (tertiary/aromatic N) is 5. The first kappa shape index (κ1) is 23.3. The van der Waals surface area contributed by atoms with Crippen molar-refractivity contribution in [2.45, 2.75) is 25.7 Å². The fraction of sp³-hybridized carbons (Fsp3) is 0.474. The van der Waals surface area contributed by atoms with E-state index in [2.05, 4.69) is 30.2 Å². The monoisotopic (exact) mass is 454 g/mol. The van der Waals surface area contributed by atoms with Crippen molar-refractivity contribution in [2.75, 3.05) is 24.6 Å². The number of halogens is 3. The second-order valence-corrected chi connectivity index (χ2v) is 7.27. The molecule has 2 aliphatic heterocycles. The number of alkyl halides is 3. The number of carbonyl (C=O) groups excluding carboxylic acids is 1. The molecule has 0 aliphatic carbocycles. The third kappa shape index (κ3) is 5.87. The van der Waals surface area contributed by atoms with Crippen molar-refractivity contribution in [1.29, 1.82) is 0 Å². The Morgan fingerprint density at radius 1 is 1.19 bits per heavy atom. The van der Waals surface area contributed by atoms with Crippen LogP contribution in [0.25, 0.3) is 0 Å². The first-order valence-corrected chi connectivity index (χ1v) is 9.64. The molecule has 0 aromatic carbocycles. The molecule has 2 N–H and O–H groups in total. The minimum atomic E-state index is -5.08. The molecule has 0 unspecified atom stereocenters. The van der Waals surface area contributed by atoms with Crippen LogP contribution in [0.5, 0.6) is 0 Å². The largest absolute Gasteiger partial charge is 0.490 e. The number of carbonyl (C=O) groups is 2. The lowest BCUT2D eigenvalue weighted by Gasteiger charge is -2.19. The van der Waals surface area contributed by atoms with Gasteiger partial charge in [0.2, 0.25) is 11.9 Å². The predicted octanol–water partition coefficient (Wildman–Crippen LogP) is 0.976. The molecule has 0 radical (unpaired) electrons. The molecule has 13 heteroatoms. The summed E-state index contributed by atoms with van der Waals surface area (Å²) in [6.45, 7) is 4.18. The number of ether oxygens (including phenoxy) is 1. The first-order chi connectivity index (χ1) is 15.1. The molecule has 172 valence electrons. The van der Waals surface area contributed by atoms with E-state index in [1.165, 1.54) is 0 Å². The molecule has 32 heavy (non-hydrogen) atoms. The van der Waals surface area contributed by atoms with E-state index in [9.17, 15) is 18.0 Å². The molecule has 0 spiro atoms. The summed E-state index contributed by atoms with van der Waals surface area (Å²) in [6.07, 6.45) is 1.81. The lowest BCUT2D eigenvalue weighted by atomic mass is 9.92. The summed E-state index contributed by atoms with van der Waals surface area (Å²) in [5, 5.41) is 10.1. The van der Waals surface area contributed by atoms with Crippen LogP contribution in [0.2, 0.25) is 0 Å². The smallest absolute Gasteiger partial charge is 0.475 e. The second kappa shape index (κ2) is 9.85. The van der Waals surface area contributed by atoms with Gasteiger partial charge >= 0.3 is 12.1 Å². The van der Waals surface area contributed by atoms with E-state index < -0.39 is 12.1 Å². The highest BCUT2D eigenvalue weighted by molar-refractivity contribution is 5.79. The van der Waals surface area contributed by atoms with Crippen LogP contribution in [0, 0.1) is 18.8 Å². The van der Waals surface area contributed by atoms with E-state index in [-0.39, 0.29) is 23.8 Å². The number of nitrogens with one attached hydrogen (secondary N) is 1. The molecule has 2 aliphatic rings. The standard InChI is InChI=1S/C17H20N6O2.C2HF3O2/c1-11-5-21-12(6-20-11)7-22-16(24)14-10-25-15-9-23(8-13(14)15)17-18-3-2-4-19-17;3-2(4,5)1(6)7/h2-6,13-15H,7-10H2,1H3,(H,22,24);(H,6,7)/t13-,14+,15-;/m1./s1. The van der Waals surface area contributed by atoms with Crippen molar-refractivity contribution >= 4 is 17.8 Å². The van der Waals surface area contributed by atoms with Crippen molar-refractivity contribution in [1.82, 2.24) is 25.3 Å². The highest BCUT2D eigenvalue weighted by atomic mass is 19.4. The summed E-state index contributed by atoms with van der Waals surface area (Å²) in [5.41, 5.74) is 1.61. The molecular formula is C19H21F3N6O4. The molecule has 0 bridgehead atoms. The van der Waals surface area contributed by atoms with Crippen LogP contribution in [0.1, 0.15) is 11.4 Å². The number of anilines is 1. The summed E-state index contributed by atoms with van der Waals surface area (Å²) in [4.78, 5) is 40.6. The molecule has 4 heterocycles. The summed E-state index contributed by atoms with van der Waals surface area (Å²) in [6, 6.07) is 1.79. The third-order valence-corrected chi connectivity index (χ3v) is 5.01. The highest BCUT2D eigenvalue weighted by Crippen LogP contribution is 2.35. The Labute approximate surface area is 180 Å². The maximum Gasteiger partial charge on any atom is 0.490 e. The normalized spacial score (nSPS) is 22.0. The zero-order chi connectivity index (χ0) is 23.3. The number of aliphatic carboxylic acids is 1. The van der Waals surface area contributed by atoms with Crippen molar-refractivity contribution < 1.29 is 32.6 Å². The van der Waals surface area contributed by atoms with Crippen LogP contribution >= 0.6 is 0 Å². The van der Waals surface area contributed by atoms with E-state index >= 15 is 0 Å². The van der Waals surface area contributed by atoms with E-state index in [1.807, 2.05) is 6.92 Å². The van der Waals surface area contributed by atoms with Gasteiger partial charge in [-0.1, -0.05) is 0 Å². The molecule has 0 saturated carbocycles. The van der Waals surface area contributed by atoms with Gasteiger partial charge < -0.3 is 20.1 Å². The summed E-state index contributed by atoms with van der Waals surface area (Å²) in [7, 11) is 0. The maximum atomic E-state index is 12.6. The lowest BCUT2D eigenvalue weighted by Crippen LogP contribution is -2.36. The SMILES string of the molecule is Cc1cnc(CNC(=O)[C@H]2CO[C@@H]3CN(c4ncccn4)C[C@H]23)cn1.O=C(O)C(F)(F)F. The molecule has 10 nitrogen and oxygen atoms in total. The number of fused-ring (bicyclic) bond motifs is 1. The quantitative estimate of drug-likeness (QED) is 0.694. The van der Waals surface area contributed by atoms with Gasteiger partial charge in [-0.2, -0.15) is 13.2 Å². The predicted molar refractivity (Wildman–Crippen MR) is 103 cm³/mol. The number of hydrogen-bond acceptors (Lipinski definition) is 8. The van der Waals surface area contributed by atoms with Crippen LogP contribution in [0.3, 0.4) is 0 Å². The number of aryl methyl sites for hydroxylation is 1. The number of hydrogen-bond donors (Lipinski definition) is 2. The van der Waals surface area contributed by atoms with Crippen LogP contribution < -0.4 is 10.2 Å². The molecule has 4 rings (SSSR count). The van der Waals surface area contributed by atoms with E-state index in [0.29, 0.717) is 19.1 Å². The second-order valence-electron chi connectivity index (χ2n) is 7.27. The van der Waals surface area contributed by atoms with Crippen molar-refractivity contribution in [3.05, 3.63) is 42.2 Å². The number of carboxylic acids is 1. The Bertz CT molecular complexity index is 929. The van der Waals surface area contributed by atoms with Crippen molar-refractivity contribution in [3.63, 3.8) is 0 Å². The average Bonchev–Trinajstić information content (AvgIpc) is 3.34. The Hall–Kier alpha value is -3.35. The van der Waals surface area contributed by atoms with E-state index in [1.54, 1.807) is 30.9 Å². The zero-order valence-corrected chi connectivity index (χ0v) is 17.0. The number of rotatable bonds is 4. The lowest BCUT2D eigenvalue weighted by molar-refractivity contribution is -0.192.